The lowest BCUT2D eigenvalue weighted by atomic mass is 9.82. The number of rotatable bonds is 4. The molecule has 1 saturated carbocycles. The number of hydrazine groups is 1. The highest BCUT2D eigenvalue weighted by Crippen LogP contribution is 2.45. The van der Waals surface area contributed by atoms with Crippen molar-refractivity contribution in [1.82, 2.24) is 10.3 Å². The van der Waals surface area contributed by atoms with Gasteiger partial charge in [-0.2, -0.15) is 0 Å². The first-order valence-electron chi connectivity index (χ1n) is 8.04. The lowest BCUT2D eigenvalue weighted by molar-refractivity contribution is 0.0764. The molecule has 3 nitrogen and oxygen atoms in total. The Balaban J connectivity index is 1.93. The summed E-state index contributed by atoms with van der Waals surface area (Å²) < 4.78 is 0. The molecule has 1 unspecified atom stereocenters. The van der Waals surface area contributed by atoms with Crippen molar-refractivity contribution < 1.29 is 0 Å². The Bertz CT molecular complexity index is 428. The molecule has 0 aromatic heterocycles. The van der Waals surface area contributed by atoms with Gasteiger partial charge in [0.1, 0.15) is 0 Å². The van der Waals surface area contributed by atoms with E-state index in [2.05, 4.69) is 41.5 Å². The molecule has 0 amide bonds. The molecule has 2 fully saturated rings. The second kappa shape index (κ2) is 5.84. The quantitative estimate of drug-likeness (QED) is 0.654. The highest BCUT2D eigenvalue weighted by atomic mass is 15.3. The standard InChI is InChI=1S/C17H27N3/c1-14-6-8-15(9-7-14)16(19-18)17(10-2-3-11-17)20-12-4-5-13-20/h6-9,16,19H,2-5,10-13,18H2,1H3. The van der Waals surface area contributed by atoms with Gasteiger partial charge in [0.05, 0.1) is 6.04 Å². The van der Waals surface area contributed by atoms with Gasteiger partial charge < -0.3 is 0 Å². The van der Waals surface area contributed by atoms with E-state index in [0.29, 0.717) is 0 Å². The van der Waals surface area contributed by atoms with Crippen molar-refractivity contribution in [3.05, 3.63) is 35.4 Å². The van der Waals surface area contributed by atoms with Crippen LogP contribution in [0.25, 0.3) is 0 Å². The average Bonchev–Trinajstić information content (AvgIpc) is 3.12. The molecular formula is C17H27N3. The molecule has 0 radical (unpaired) electrons. The van der Waals surface area contributed by atoms with Gasteiger partial charge in [0, 0.05) is 5.54 Å². The Morgan fingerprint density at radius 3 is 2.20 bits per heavy atom. The van der Waals surface area contributed by atoms with Gasteiger partial charge in [0.15, 0.2) is 0 Å². The zero-order valence-electron chi connectivity index (χ0n) is 12.6. The van der Waals surface area contributed by atoms with Crippen LogP contribution in [0.2, 0.25) is 0 Å². The third-order valence-electron chi connectivity index (χ3n) is 5.32. The summed E-state index contributed by atoms with van der Waals surface area (Å²) >= 11 is 0. The van der Waals surface area contributed by atoms with E-state index >= 15 is 0 Å². The van der Waals surface area contributed by atoms with E-state index in [1.807, 2.05) is 0 Å². The SMILES string of the molecule is Cc1ccc(C(NN)C2(N3CCCC3)CCCC2)cc1. The van der Waals surface area contributed by atoms with Crippen LogP contribution in [0, 0.1) is 6.92 Å². The number of hydrogen-bond donors (Lipinski definition) is 2. The number of likely N-dealkylation sites (tertiary alicyclic amines) is 1. The van der Waals surface area contributed by atoms with Crippen molar-refractivity contribution in [1.29, 1.82) is 0 Å². The summed E-state index contributed by atoms with van der Waals surface area (Å²) in [5.41, 5.74) is 6.04. The molecule has 20 heavy (non-hydrogen) atoms. The van der Waals surface area contributed by atoms with Crippen LogP contribution in [0.4, 0.5) is 0 Å². The summed E-state index contributed by atoms with van der Waals surface area (Å²) in [7, 11) is 0. The first-order chi connectivity index (χ1) is 9.76. The number of hydrogen-bond acceptors (Lipinski definition) is 3. The number of nitrogens with two attached hydrogens (primary N) is 1. The Hall–Kier alpha value is -0.900. The molecule has 1 atom stereocenters. The molecule has 1 aromatic carbocycles. The first kappa shape index (κ1) is 14.1. The maximum atomic E-state index is 6.00. The minimum Gasteiger partial charge on any atom is -0.296 e. The van der Waals surface area contributed by atoms with Crippen molar-refractivity contribution in [2.75, 3.05) is 13.1 Å². The van der Waals surface area contributed by atoms with Gasteiger partial charge in [0.2, 0.25) is 0 Å². The molecule has 1 aliphatic heterocycles. The summed E-state index contributed by atoms with van der Waals surface area (Å²) in [6.45, 7) is 4.62. The second-order valence-corrected chi connectivity index (χ2v) is 6.52. The topological polar surface area (TPSA) is 41.3 Å². The Morgan fingerprint density at radius 1 is 1.05 bits per heavy atom. The highest BCUT2D eigenvalue weighted by molar-refractivity contribution is 5.28. The fourth-order valence-corrected chi connectivity index (χ4v) is 4.26. The van der Waals surface area contributed by atoms with Gasteiger partial charge in [-0.3, -0.25) is 16.2 Å². The van der Waals surface area contributed by atoms with E-state index in [-0.39, 0.29) is 11.6 Å². The summed E-state index contributed by atoms with van der Waals surface area (Å²) in [5, 5.41) is 0. The van der Waals surface area contributed by atoms with Crippen molar-refractivity contribution >= 4 is 0 Å². The largest absolute Gasteiger partial charge is 0.296 e. The summed E-state index contributed by atoms with van der Waals surface area (Å²) in [6.07, 6.45) is 7.90. The smallest absolute Gasteiger partial charge is 0.0643 e. The van der Waals surface area contributed by atoms with Crippen LogP contribution >= 0.6 is 0 Å². The molecule has 110 valence electrons. The maximum Gasteiger partial charge on any atom is 0.0643 e. The average molecular weight is 273 g/mol. The first-order valence-corrected chi connectivity index (χ1v) is 8.04. The summed E-state index contributed by atoms with van der Waals surface area (Å²) in [5.74, 6) is 6.00. The Morgan fingerprint density at radius 2 is 1.65 bits per heavy atom. The molecule has 1 aromatic rings. The van der Waals surface area contributed by atoms with Crippen molar-refractivity contribution in [2.45, 2.75) is 57.0 Å². The molecule has 2 aliphatic rings. The Labute approximate surface area is 122 Å². The number of nitrogens with one attached hydrogen (secondary N) is 1. The molecular weight excluding hydrogens is 246 g/mol. The van der Waals surface area contributed by atoms with Gasteiger partial charge >= 0.3 is 0 Å². The molecule has 1 saturated heterocycles. The van der Waals surface area contributed by atoms with Gasteiger partial charge in [-0.05, 0) is 51.3 Å². The second-order valence-electron chi connectivity index (χ2n) is 6.52. The van der Waals surface area contributed by atoms with Crippen molar-refractivity contribution in [3.8, 4) is 0 Å². The molecule has 0 spiro atoms. The van der Waals surface area contributed by atoms with Crippen molar-refractivity contribution in [3.63, 3.8) is 0 Å². The zero-order valence-corrected chi connectivity index (χ0v) is 12.6. The van der Waals surface area contributed by atoms with Gasteiger partial charge in [0.25, 0.3) is 0 Å². The highest BCUT2D eigenvalue weighted by Gasteiger charge is 2.46. The monoisotopic (exact) mass is 273 g/mol. The zero-order chi connectivity index (χ0) is 14.0. The summed E-state index contributed by atoms with van der Waals surface area (Å²) in [4.78, 5) is 2.71. The van der Waals surface area contributed by atoms with Crippen LogP contribution < -0.4 is 11.3 Å². The molecule has 3 heteroatoms. The van der Waals surface area contributed by atoms with Gasteiger partial charge in [-0.25, -0.2) is 0 Å². The minimum absolute atomic E-state index is 0.237. The fourth-order valence-electron chi connectivity index (χ4n) is 4.26. The number of benzene rings is 1. The van der Waals surface area contributed by atoms with E-state index < -0.39 is 0 Å². The van der Waals surface area contributed by atoms with E-state index in [0.717, 1.165) is 0 Å². The Kier molecular flexibility index (Phi) is 4.11. The predicted molar refractivity (Wildman–Crippen MR) is 83.2 cm³/mol. The van der Waals surface area contributed by atoms with Crippen LogP contribution in [0.5, 0.6) is 0 Å². The summed E-state index contributed by atoms with van der Waals surface area (Å²) in [6, 6.07) is 9.15. The van der Waals surface area contributed by atoms with E-state index in [9.17, 15) is 0 Å². The molecule has 0 bridgehead atoms. The van der Waals surface area contributed by atoms with Gasteiger partial charge in [-0.1, -0.05) is 42.7 Å². The number of nitrogens with zero attached hydrogens (tertiary/aromatic N) is 1. The lowest BCUT2D eigenvalue weighted by Gasteiger charge is -2.45. The van der Waals surface area contributed by atoms with E-state index in [4.69, 9.17) is 5.84 Å². The fraction of sp³-hybridized carbons (Fsp3) is 0.647. The van der Waals surface area contributed by atoms with Crippen LogP contribution in [-0.2, 0) is 0 Å². The van der Waals surface area contributed by atoms with Crippen LogP contribution in [0.15, 0.2) is 24.3 Å². The normalized spacial score (nSPS) is 24.1. The third-order valence-corrected chi connectivity index (χ3v) is 5.32. The van der Waals surface area contributed by atoms with E-state index in [1.54, 1.807) is 0 Å². The molecule has 3 N–H and O–H groups in total. The van der Waals surface area contributed by atoms with Crippen LogP contribution in [-0.4, -0.2) is 23.5 Å². The lowest BCUT2D eigenvalue weighted by Crippen LogP contribution is -2.55. The molecule has 1 aliphatic carbocycles. The predicted octanol–water partition coefficient (Wildman–Crippen LogP) is 2.91. The molecule has 1 heterocycles. The van der Waals surface area contributed by atoms with E-state index in [1.165, 1.54) is 62.7 Å². The van der Waals surface area contributed by atoms with Crippen molar-refractivity contribution in [2.24, 2.45) is 5.84 Å². The van der Waals surface area contributed by atoms with Gasteiger partial charge in [-0.15, -0.1) is 0 Å². The maximum absolute atomic E-state index is 6.00. The molecule has 3 rings (SSSR count). The minimum atomic E-state index is 0.237. The van der Waals surface area contributed by atoms with Crippen LogP contribution in [0.1, 0.15) is 55.7 Å². The van der Waals surface area contributed by atoms with Crippen LogP contribution in [0.3, 0.4) is 0 Å². The third kappa shape index (κ3) is 2.39. The number of aryl methyl sites for hydroxylation is 1.